The number of carbonyl (C=O) groups excluding carboxylic acids is 1. The standard InChI is InChI=1S/C20H18ClNOS/c1-2-14-5-7-15(8-6-14)19(18-4-3-13-24-18)22-20(23)16-9-11-17(21)12-10-16/h3-13,19H,2H2,1H3,(H,22,23)/t19-/m1/s1. The van der Waals surface area contributed by atoms with E-state index in [1.165, 1.54) is 5.56 Å². The van der Waals surface area contributed by atoms with E-state index in [1.807, 2.05) is 17.5 Å². The Morgan fingerprint density at radius 3 is 2.38 bits per heavy atom. The number of thiophene rings is 1. The van der Waals surface area contributed by atoms with Gasteiger partial charge in [-0.3, -0.25) is 4.79 Å². The molecular formula is C20H18ClNOS. The molecule has 3 rings (SSSR count). The van der Waals surface area contributed by atoms with Crippen molar-refractivity contribution < 1.29 is 4.79 Å². The van der Waals surface area contributed by atoms with Gasteiger partial charge in [-0.1, -0.05) is 48.9 Å². The molecule has 3 aromatic rings. The Hall–Kier alpha value is -2.10. The zero-order valence-electron chi connectivity index (χ0n) is 13.3. The molecule has 0 aliphatic rings. The lowest BCUT2D eigenvalue weighted by Gasteiger charge is -2.18. The number of nitrogens with one attached hydrogen (secondary N) is 1. The van der Waals surface area contributed by atoms with Gasteiger partial charge in [-0.05, 0) is 53.3 Å². The van der Waals surface area contributed by atoms with Crippen LogP contribution in [0.5, 0.6) is 0 Å². The molecule has 4 heteroatoms. The maximum atomic E-state index is 12.6. The van der Waals surface area contributed by atoms with E-state index in [-0.39, 0.29) is 11.9 Å². The van der Waals surface area contributed by atoms with E-state index >= 15 is 0 Å². The van der Waals surface area contributed by atoms with Crippen LogP contribution in [-0.4, -0.2) is 5.91 Å². The molecule has 0 saturated carbocycles. The summed E-state index contributed by atoms with van der Waals surface area (Å²) in [6.07, 6.45) is 1.00. The fourth-order valence-corrected chi connectivity index (χ4v) is 3.46. The molecule has 2 aromatic carbocycles. The quantitative estimate of drug-likeness (QED) is 0.644. The highest BCUT2D eigenvalue weighted by Crippen LogP contribution is 2.27. The monoisotopic (exact) mass is 355 g/mol. The van der Waals surface area contributed by atoms with Crippen molar-refractivity contribution in [2.75, 3.05) is 0 Å². The predicted octanol–water partition coefficient (Wildman–Crippen LogP) is 5.48. The second kappa shape index (κ2) is 7.65. The van der Waals surface area contributed by atoms with Crippen molar-refractivity contribution in [1.29, 1.82) is 0 Å². The third kappa shape index (κ3) is 3.86. The highest BCUT2D eigenvalue weighted by molar-refractivity contribution is 7.10. The molecule has 0 radical (unpaired) electrons. The van der Waals surface area contributed by atoms with Gasteiger partial charge in [0.25, 0.3) is 5.91 Å². The number of hydrogen-bond acceptors (Lipinski definition) is 2. The Morgan fingerprint density at radius 2 is 1.79 bits per heavy atom. The molecule has 24 heavy (non-hydrogen) atoms. The summed E-state index contributed by atoms with van der Waals surface area (Å²) >= 11 is 7.54. The van der Waals surface area contributed by atoms with Crippen LogP contribution in [0.3, 0.4) is 0 Å². The van der Waals surface area contributed by atoms with Crippen LogP contribution in [0.1, 0.15) is 39.3 Å². The number of aryl methyl sites for hydroxylation is 1. The molecule has 122 valence electrons. The number of hydrogen-bond donors (Lipinski definition) is 1. The largest absolute Gasteiger partial charge is 0.340 e. The Kier molecular flexibility index (Phi) is 5.34. The first-order valence-electron chi connectivity index (χ1n) is 7.86. The maximum Gasteiger partial charge on any atom is 0.252 e. The lowest BCUT2D eigenvalue weighted by Crippen LogP contribution is -2.28. The van der Waals surface area contributed by atoms with Gasteiger partial charge in [0.2, 0.25) is 0 Å². The summed E-state index contributed by atoms with van der Waals surface area (Å²) in [7, 11) is 0. The summed E-state index contributed by atoms with van der Waals surface area (Å²) in [6, 6.07) is 19.2. The van der Waals surface area contributed by atoms with Crippen molar-refractivity contribution in [3.8, 4) is 0 Å². The Balaban J connectivity index is 1.87. The first-order valence-corrected chi connectivity index (χ1v) is 9.12. The molecule has 1 heterocycles. The molecule has 0 fully saturated rings. The third-order valence-electron chi connectivity index (χ3n) is 3.93. The smallest absolute Gasteiger partial charge is 0.252 e. The Bertz CT molecular complexity index is 795. The lowest BCUT2D eigenvalue weighted by molar-refractivity contribution is 0.0943. The van der Waals surface area contributed by atoms with Gasteiger partial charge in [-0.2, -0.15) is 0 Å². The van der Waals surface area contributed by atoms with E-state index in [9.17, 15) is 4.79 Å². The first-order chi connectivity index (χ1) is 11.7. The molecule has 1 aromatic heterocycles. The second-order valence-electron chi connectivity index (χ2n) is 5.52. The zero-order valence-corrected chi connectivity index (χ0v) is 14.9. The van der Waals surface area contributed by atoms with Gasteiger partial charge in [0.15, 0.2) is 0 Å². The Labute approximate surface area is 151 Å². The summed E-state index contributed by atoms with van der Waals surface area (Å²) in [5.41, 5.74) is 2.97. The number of halogens is 1. The summed E-state index contributed by atoms with van der Waals surface area (Å²) in [6.45, 7) is 2.13. The maximum absolute atomic E-state index is 12.6. The minimum atomic E-state index is -0.154. The van der Waals surface area contributed by atoms with Crippen molar-refractivity contribution >= 4 is 28.8 Å². The molecule has 0 aliphatic heterocycles. The van der Waals surface area contributed by atoms with Gasteiger partial charge in [0, 0.05) is 15.5 Å². The SMILES string of the molecule is CCc1ccc([C@@H](NC(=O)c2ccc(Cl)cc2)c2cccs2)cc1. The van der Waals surface area contributed by atoms with Crippen molar-refractivity contribution in [2.24, 2.45) is 0 Å². The number of amides is 1. The van der Waals surface area contributed by atoms with Gasteiger partial charge >= 0.3 is 0 Å². The van der Waals surface area contributed by atoms with Crippen molar-refractivity contribution in [3.05, 3.63) is 92.6 Å². The molecule has 0 spiro atoms. The zero-order chi connectivity index (χ0) is 16.9. The van der Waals surface area contributed by atoms with Gasteiger partial charge in [0.05, 0.1) is 6.04 Å². The molecule has 1 atom stereocenters. The molecule has 0 aliphatic carbocycles. The fourth-order valence-electron chi connectivity index (χ4n) is 2.54. The predicted molar refractivity (Wildman–Crippen MR) is 101 cm³/mol. The summed E-state index contributed by atoms with van der Waals surface area (Å²) in [4.78, 5) is 13.7. The van der Waals surface area contributed by atoms with Crippen LogP contribution in [-0.2, 0) is 6.42 Å². The summed E-state index contributed by atoms with van der Waals surface area (Å²) < 4.78 is 0. The van der Waals surface area contributed by atoms with Gasteiger partial charge in [0.1, 0.15) is 0 Å². The first kappa shape index (κ1) is 16.7. The normalized spacial score (nSPS) is 11.9. The fraction of sp³-hybridized carbons (Fsp3) is 0.150. The average Bonchev–Trinajstić information content (AvgIpc) is 3.14. The van der Waals surface area contributed by atoms with Crippen LogP contribution in [0.25, 0.3) is 0 Å². The van der Waals surface area contributed by atoms with E-state index in [0.717, 1.165) is 16.9 Å². The number of benzene rings is 2. The molecule has 0 unspecified atom stereocenters. The molecular weight excluding hydrogens is 338 g/mol. The lowest BCUT2D eigenvalue weighted by atomic mass is 10.0. The van der Waals surface area contributed by atoms with E-state index in [1.54, 1.807) is 35.6 Å². The molecule has 0 saturated heterocycles. The molecule has 2 nitrogen and oxygen atoms in total. The van der Waals surface area contributed by atoms with Crippen LogP contribution in [0, 0.1) is 0 Å². The minimum Gasteiger partial charge on any atom is -0.340 e. The van der Waals surface area contributed by atoms with Gasteiger partial charge in [-0.25, -0.2) is 0 Å². The molecule has 1 N–H and O–H groups in total. The van der Waals surface area contributed by atoms with Crippen LogP contribution < -0.4 is 5.32 Å². The van der Waals surface area contributed by atoms with Crippen molar-refractivity contribution in [1.82, 2.24) is 5.32 Å². The summed E-state index contributed by atoms with van der Waals surface area (Å²) in [5, 5.41) is 5.78. The Morgan fingerprint density at radius 1 is 1.08 bits per heavy atom. The summed E-state index contributed by atoms with van der Waals surface area (Å²) in [5.74, 6) is -0.107. The van der Waals surface area contributed by atoms with E-state index in [2.05, 4.69) is 36.5 Å². The van der Waals surface area contributed by atoms with Crippen molar-refractivity contribution in [3.63, 3.8) is 0 Å². The molecule has 1 amide bonds. The van der Waals surface area contributed by atoms with Crippen LogP contribution in [0.2, 0.25) is 5.02 Å². The van der Waals surface area contributed by atoms with E-state index < -0.39 is 0 Å². The number of rotatable bonds is 5. The van der Waals surface area contributed by atoms with Crippen molar-refractivity contribution in [2.45, 2.75) is 19.4 Å². The second-order valence-corrected chi connectivity index (χ2v) is 6.94. The highest BCUT2D eigenvalue weighted by atomic mass is 35.5. The van der Waals surface area contributed by atoms with Crippen LogP contribution >= 0.6 is 22.9 Å². The van der Waals surface area contributed by atoms with E-state index in [0.29, 0.717) is 10.6 Å². The van der Waals surface area contributed by atoms with Crippen LogP contribution in [0.15, 0.2) is 66.0 Å². The molecule has 0 bridgehead atoms. The third-order valence-corrected chi connectivity index (χ3v) is 5.12. The highest BCUT2D eigenvalue weighted by Gasteiger charge is 2.18. The number of carbonyl (C=O) groups is 1. The van der Waals surface area contributed by atoms with Crippen LogP contribution in [0.4, 0.5) is 0 Å². The van der Waals surface area contributed by atoms with Gasteiger partial charge < -0.3 is 5.32 Å². The van der Waals surface area contributed by atoms with Gasteiger partial charge in [-0.15, -0.1) is 11.3 Å². The van der Waals surface area contributed by atoms with E-state index in [4.69, 9.17) is 11.6 Å². The topological polar surface area (TPSA) is 29.1 Å². The average molecular weight is 356 g/mol. The minimum absolute atomic E-state index is 0.107.